The number of hydrogen-bond donors (Lipinski definition) is 0. The van der Waals surface area contributed by atoms with Crippen molar-refractivity contribution in [1.82, 2.24) is 9.55 Å². The Bertz CT molecular complexity index is 457. The van der Waals surface area contributed by atoms with Crippen LogP contribution in [0, 0.1) is 10.1 Å². The van der Waals surface area contributed by atoms with E-state index in [0.717, 1.165) is 6.20 Å². The van der Waals surface area contributed by atoms with E-state index in [4.69, 9.17) is 0 Å². The van der Waals surface area contributed by atoms with E-state index in [0.29, 0.717) is 6.20 Å². The van der Waals surface area contributed by atoms with Crippen molar-refractivity contribution in [3.05, 3.63) is 28.3 Å². The first-order chi connectivity index (χ1) is 8.29. The summed E-state index contributed by atoms with van der Waals surface area (Å²) in [5.74, 6) is -1.92. The van der Waals surface area contributed by atoms with Crippen LogP contribution in [0.15, 0.2) is 12.4 Å². The van der Waals surface area contributed by atoms with Crippen molar-refractivity contribution in [2.45, 2.75) is 19.3 Å². The minimum absolute atomic E-state index is 0.0825. The Morgan fingerprint density at radius 3 is 2.72 bits per heavy atom. The third-order valence-corrected chi connectivity index (χ3v) is 1.88. The highest BCUT2D eigenvalue weighted by Crippen LogP contribution is 2.31. The summed E-state index contributed by atoms with van der Waals surface area (Å²) in [5.41, 5.74) is 0. The summed E-state index contributed by atoms with van der Waals surface area (Å²) in [6, 6.07) is 0. The second-order valence-electron chi connectivity index (χ2n) is 3.08. The minimum atomic E-state index is -5.15. The molecule has 0 radical (unpaired) electrons. The molecule has 10 heteroatoms. The highest BCUT2D eigenvalue weighted by atomic mass is 19.4. The molecule has 0 amide bonds. The largest absolute Gasteiger partial charge is 0.479 e. The fourth-order valence-corrected chi connectivity index (χ4v) is 1.24. The maximum atomic E-state index is 12.5. The number of esters is 1. The molecule has 0 saturated heterocycles. The maximum absolute atomic E-state index is 12.5. The zero-order valence-corrected chi connectivity index (χ0v) is 9.05. The molecule has 1 aromatic rings. The van der Waals surface area contributed by atoms with E-state index in [1.165, 1.54) is 6.92 Å². The first kappa shape index (κ1) is 13.9. The molecule has 1 unspecified atom stereocenters. The number of nitrogens with zero attached hydrogens (tertiary/aromatic N) is 3. The third kappa shape index (κ3) is 2.76. The van der Waals surface area contributed by atoms with Crippen LogP contribution in [0.4, 0.5) is 13.2 Å². The van der Waals surface area contributed by atoms with Gasteiger partial charge in [-0.05, 0) is 6.92 Å². The molecule has 100 valence electrons. The molecule has 18 heavy (non-hydrogen) atoms. The van der Waals surface area contributed by atoms with Crippen LogP contribution < -0.4 is 0 Å². The van der Waals surface area contributed by atoms with E-state index in [2.05, 4.69) is 9.72 Å². The number of nitro groups is 1. The fraction of sp³-hybridized carbons (Fsp3) is 0.500. The number of rotatable bonds is 4. The van der Waals surface area contributed by atoms with E-state index in [-0.39, 0.29) is 11.2 Å². The Kier molecular flexibility index (Phi) is 3.89. The number of imidazole rings is 1. The highest BCUT2D eigenvalue weighted by Gasteiger charge is 2.52. The minimum Gasteiger partial charge on any atom is -0.460 e. The standard InChI is InChI=1S/C8H8F3N3O4/c1-2-18-6(15)5-12-3-4-13(5)7(14(16)17)8(9,10)11/h3-4,7H,2H2,1H3. The number of aromatic nitrogens is 2. The second-order valence-corrected chi connectivity index (χ2v) is 3.08. The van der Waals surface area contributed by atoms with Crippen LogP contribution in [0.3, 0.4) is 0 Å². The van der Waals surface area contributed by atoms with E-state index in [1.54, 1.807) is 0 Å². The van der Waals surface area contributed by atoms with Crippen LogP contribution >= 0.6 is 0 Å². The molecule has 1 heterocycles. The first-order valence-electron chi connectivity index (χ1n) is 4.69. The van der Waals surface area contributed by atoms with E-state index < -0.39 is 29.1 Å². The first-order valence-corrected chi connectivity index (χ1v) is 4.69. The highest BCUT2D eigenvalue weighted by molar-refractivity contribution is 5.85. The van der Waals surface area contributed by atoms with Crippen molar-refractivity contribution in [2.75, 3.05) is 6.61 Å². The van der Waals surface area contributed by atoms with E-state index >= 15 is 0 Å². The number of carbonyl (C=O) groups excluding carboxylic acids is 1. The summed E-state index contributed by atoms with van der Waals surface area (Å²) >= 11 is 0. The lowest BCUT2D eigenvalue weighted by Gasteiger charge is -2.15. The number of alkyl halides is 3. The van der Waals surface area contributed by atoms with Crippen LogP contribution in [-0.2, 0) is 4.74 Å². The summed E-state index contributed by atoms with van der Waals surface area (Å²) in [6.07, 6.45) is -6.66. The molecule has 0 aliphatic carbocycles. The molecule has 1 rings (SSSR count). The summed E-state index contributed by atoms with van der Waals surface area (Å²) in [4.78, 5) is 23.5. The zero-order valence-electron chi connectivity index (χ0n) is 9.05. The smallest absolute Gasteiger partial charge is 0.460 e. The number of halogens is 3. The predicted octanol–water partition coefficient (Wildman–Crippen LogP) is 1.40. The molecule has 0 aromatic carbocycles. The van der Waals surface area contributed by atoms with Gasteiger partial charge < -0.3 is 4.74 Å². The van der Waals surface area contributed by atoms with Gasteiger partial charge >= 0.3 is 18.3 Å². The van der Waals surface area contributed by atoms with Crippen molar-refractivity contribution in [3.63, 3.8) is 0 Å². The number of hydrogen-bond acceptors (Lipinski definition) is 5. The normalized spacial score (nSPS) is 13.1. The summed E-state index contributed by atoms with van der Waals surface area (Å²) < 4.78 is 42.1. The van der Waals surface area contributed by atoms with Crippen LogP contribution in [0.25, 0.3) is 0 Å². The lowest BCUT2D eigenvalue weighted by Crippen LogP contribution is -2.34. The van der Waals surface area contributed by atoms with Gasteiger partial charge in [-0.3, -0.25) is 14.7 Å². The Labute approximate surface area is 98.3 Å². The summed E-state index contributed by atoms with van der Waals surface area (Å²) in [5, 5.41) is 10.5. The average Bonchev–Trinajstić information content (AvgIpc) is 2.63. The molecule has 0 aliphatic heterocycles. The van der Waals surface area contributed by atoms with Gasteiger partial charge in [0.25, 0.3) is 0 Å². The lowest BCUT2D eigenvalue weighted by molar-refractivity contribution is -0.590. The predicted molar refractivity (Wildman–Crippen MR) is 50.3 cm³/mol. The maximum Gasteiger partial charge on any atom is 0.479 e. The van der Waals surface area contributed by atoms with Gasteiger partial charge in [-0.25, -0.2) is 9.78 Å². The third-order valence-electron chi connectivity index (χ3n) is 1.88. The van der Waals surface area contributed by atoms with Gasteiger partial charge in [0.15, 0.2) is 0 Å². The Morgan fingerprint density at radius 1 is 1.67 bits per heavy atom. The lowest BCUT2D eigenvalue weighted by atomic mass is 10.4. The van der Waals surface area contributed by atoms with Gasteiger partial charge in [0.1, 0.15) is 0 Å². The van der Waals surface area contributed by atoms with Crippen LogP contribution in [-0.4, -0.2) is 33.2 Å². The van der Waals surface area contributed by atoms with Gasteiger partial charge in [0.05, 0.1) is 11.5 Å². The average molecular weight is 267 g/mol. The van der Waals surface area contributed by atoms with Gasteiger partial charge in [0.2, 0.25) is 5.82 Å². The Balaban J connectivity index is 3.19. The Hall–Kier alpha value is -2.13. The zero-order chi connectivity index (χ0) is 13.9. The van der Waals surface area contributed by atoms with Crippen molar-refractivity contribution in [3.8, 4) is 0 Å². The molecule has 0 saturated carbocycles. The summed E-state index contributed by atoms with van der Waals surface area (Å²) in [6.45, 7) is 1.36. The van der Waals surface area contributed by atoms with Crippen molar-refractivity contribution in [2.24, 2.45) is 0 Å². The van der Waals surface area contributed by atoms with Crippen LogP contribution in [0.1, 0.15) is 23.7 Å². The number of carbonyl (C=O) groups is 1. The van der Waals surface area contributed by atoms with Gasteiger partial charge in [-0.15, -0.1) is 0 Å². The van der Waals surface area contributed by atoms with Gasteiger partial charge in [0, 0.05) is 12.4 Å². The van der Waals surface area contributed by atoms with E-state index in [1.807, 2.05) is 0 Å². The molecule has 0 spiro atoms. The quantitative estimate of drug-likeness (QED) is 0.467. The number of ether oxygens (including phenoxy) is 1. The van der Waals surface area contributed by atoms with Crippen molar-refractivity contribution in [1.29, 1.82) is 0 Å². The van der Waals surface area contributed by atoms with Crippen molar-refractivity contribution >= 4 is 5.97 Å². The fourth-order valence-electron chi connectivity index (χ4n) is 1.24. The SMILES string of the molecule is CCOC(=O)c1nccn1C([N+](=O)[O-])C(F)(F)F. The molecule has 7 nitrogen and oxygen atoms in total. The molecule has 0 fully saturated rings. The second kappa shape index (κ2) is 5.02. The molecule has 1 aromatic heterocycles. The molecular formula is C8H8F3N3O4. The van der Waals surface area contributed by atoms with Crippen molar-refractivity contribution < 1.29 is 27.6 Å². The molecule has 1 atom stereocenters. The molecular weight excluding hydrogens is 259 g/mol. The topological polar surface area (TPSA) is 87.3 Å². The monoisotopic (exact) mass is 267 g/mol. The van der Waals surface area contributed by atoms with Crippen LogP contribution in [0.2, 0.25) is 0 Å². The summed E-state index contributed by atoms with van der Waals surface area (Å²) in [7, 11) is 0. The molecule has 0 aliphatic rings. The Morgan fingerprint density at radius 2 is 2.28 bits per heavy atom. The molecule has 0 bridgehead atoms. The van der Waals surface area contributed by atoms with Gasteiger partial charge in [-0.1, -0.05) is 0 Å². The van der Waals surface area contributed by atoms with E-state index in [9.17, 15) is 28.1 Å². The van der Waals surface area contributed by atoms with Gasteiger partial charge in [-0.2, -0.15) is 13.2 Å². The molecule has 0 N–H and O–H groups in total. The van der Waals surface area contributed by atoms with Crippen LogP contribution in [0.5, 0.6) is 0 Å².